The lowest BCUT2D eigenvalue weighted by Gasteiger charge is -2.27. The van der Waals surface area contributed by atoms with E-state index in [1.165, 1.54) is 44.5 Å². The SMILES string of the molecule is Cc1cc(C)cc(-c2c3ccc(N(c4cccnc4)c4ccccn4)cc3c(-c3cc(C)cc(C)c3)c3ccc(N(c4cccnc4)c4ccccn4)cc23)c1. The number of hydrogen-bond donors (Lipinski definition) is 0. The predicted octanol–water partition coefficient (Wildman–Crippen LogP) is 13.1. The second-order valence-electron chi connectivity index (χ2n) is 14.4. The number of pyridine rings is 4. The Morgan fingerprint density at radius 3 is 1.14 bits per heavy atom. The van der Waals surface area contributed by atoms with Crippen LogP contribution in [0.25, 0.3) is 43.8 Å². The number of hydrogen-bond acceptors (Lipinski definition) is 6. The van der Waals surface area contributed by atoms with Crippen LogP contribution in [0.4, 0.5) is 34.4 Å². The first-order valence-corrected chi connectivity index (χ1v) is 18.8. The molecule has 0 radical (unpaired) electrons. The Labute approximate surface area is 327 Å². The summed E-state index contributed by atoms with van der Waals surface area (Å²) in [6, 6.07) is 47.5. The van der Waals surface area contributed by atoms with Gasteiger partial charge in [-0.05, 0) is 144 Å². The summed E-state index contributed by atoms with van der Waals surface area (Å²) >= 11 is 0. The highest BCUT2D eigenvalue weighted by molar-refractivity contribution is 6.22. The van der Waals surface area contributed by atoms with Crippen molar-refractivity contribution in [2.45, 2.75) is 27.7 Å². The van der Waals surface area contributed by atoms with Crippen molar-refractivity contribution in [1.29, 1.82) is 0 Å². The number of fused-ring (bicyclic) bond motifs is 2. The van der Waals surface area contributed by atoms with E-state index >= 15 is 0 Å². The molecule has 0 bridgehead atoms. The summed E-state index contributed by atoms with van der Waals surface area (Å²) in [5.74, 6) is 1.63. The van der Waals surface area contributed by atoms with Crippen LogP contribution in [0.15, 0.2) is 171 Å². The molecule has 0 saturated carbocycles. The molecule has 5 aromatic carbocycles. The molecule has 270 valence electrons. The van der Waals surface area contributed by atoms with Gasteiger partial charge in [0, 0.05) is 36.2 Å². The normalized spacial score (nSPS) is 11.2. The molecule has 0 atom stereocenters. The van der Waals surface area contributed by atoms with Crippen molar-refractivity contribution in [3.05, 3.63) is 193 Å². The standard InChI is InChI=1S/C50H40N6/c1-33-23-34(2)26-37(25-33)49-43-17-15-40(56(42-12-10-20-52-32-42)48-14-6-8-22-54-48)30-46(43)50(38-27-35(3)24-36(4)28-38)44-18-16-39(29-45(44)49)55(41-11-9-19-51-31-41)47-13-5-7-21-53-47/h5-32H,1-4H3. The number of aromatic nitrogens is 4. The van der Waals surface area contributed by atoms with Gasteiger partial charge in [-0.15, -0.1) is 0 Å². The van der Waals surface area contributed by atoms with Gasteiger partial charge in [-0.1, -0.05) is 82.9 Å². The van der Waals surface area contributed by atoms with Gasteiger partial charge in [-0.25, -0.2) is 9.97 Å². The van der Waals surface area contributed by atoms with Crippen molar-refractivity contribution in [2.24, 2.45) is 0 Å². The molecule has 0 N–H and O–H groups in total. The molecular weight excluding hydrogens is 685 g/mol. The van der Waals surface area contributed by atoms with Crippen molar-refractivity contribution < 1.29 is 0 Å². The van der Waals surface area contributed by atoms with E-state index in [2.05, 4.69) is 132 Å². The van der Waals surface area contributed by atoms with Gasteiger partial charge >= 0.3 is 0 Å². The maximum Gasteiger partial charge on any atom is 0.137 e. The van der Waals surface area contributed by atoms with Crippen LogP contribution in [0, 0.1) is 27.7 Å². The minimum absolute atomic E-state index is 0.817. The molecule has 9 rings (SSSR count). The fourth-order valence-corrected chi connectivity index (χ4v) is 8.11. The highest BCUT2D eigenvalue weighted by Crippen LogP contribution is 2.48. The Balaban J connectivity index is 1.41. The molecule has 6 heteroatoms. The van der Waals surface area contributed by atoms with E-state index in [4.69, 9.17) is 9.97 Å². The summed E-state index contributed by atoms with van der Waals surface area (Å²) in [6.07, 6.45) is 11.1. The van der Waals surface area contributed by atoms with E-state index in [0.29, 0.717) is 0 Å². The first kappa shape index (κ1) is 34.6. The minimum atomic E-state index is 0.817. The van der Waals surface area contributed by atoms with Gasteiger partial charge in [0.05, 0.1) is 23.8 Å². The topological polar surface area (TPSA) is 58.0 Å². The van der Waals surface area contributed by atoms with E-state index in [9.17, 15) is 0 Å². The Morgan fingerprint density at radius 2 is 0.786 bits per heavy atom. The van der Waals surface area contributed by atoms with Gasteiger partial charge in [0.2, 0.25) is 0 Å². The number of aryl methyl sites for hydroxylation is 4. The molecule has 56 heavy (non-hydrogen) atoms. The third kappa shape index (κ3) is 6.52. The second kappa shape index (κ2) is 14.6. The zero-order chi connectivity index (χ0) is 38.2. The van der Waals surface area contributed by atoms with Crippen LogP contribution < -0.4 is 9.80 Å². The quantitative estimate of drug-likeness (QED) is 0.145. The van der Waals surface area contributed by atoms with Crippen molar-refractivity contribution >= 4 is 55.9 Å². The largest absolute Gasteiger partial charge is 0.293 e. The molecule has 0 aliphatic carbocycles. The highest BCUT2D eigenvalue weighted by Gasteiger charge is 2.23. The van der Waals surface area contributed by atoms with Gasteiger partial charge in [-0.2, -0.15) is 0 Å². The molecule has 0 amide bonds. The second-order valence-corrected chi connectivity index (χ2v) is 14.4. The number of benzene rings is 5. The summed E-state index contributed by atoms with van der Waals surface area (Å²) in [4.78, 5) is 23.0. The van der Waals surface area contributed by atoms with Crippen molar-refractivity contribution in [1.82, 2.24) is 19.9 Å². The molecule has 6 nitrogen and oxygen atoms in total. The van der Waals surface area contributed by atoms with Crippen LogP contribution in [0.1, 0.15) is 22.3 Å². The molecular formula is C50H40N6. The van der Waals surface area contributed by atoms with E-state index in [-0.39, 0.29) is 0 Å². The summed E-state index contributed by atoms with van der Waals surface area (Å²) in [6.45, 7) is 8.71. The fourth-order valence-electron chi connectivity index (χ4n) is 8.11. The summed E-state index contributed by atoms with van der Waals surface area (Å²) in [5, 5.41) is 4.63. The van der Waals surface area contributed by atoms with Gasteiger partial charge in [0.15, 0.2) is 0 Å². The first-order valence-electron chi connectivity index (χ1n) is 18.8. The van der Waals surface area contributed by atoms with E-state index in [1.807, 2.05) is 73.3 Å². The molecule has 0 spiro atoms. The average molecular weight is 725 g/mol. The van der Waals surface area contributed by atoms with Crippen molar-refractivity contribution in [3.8, 4) is 22.3 Å². The van der Waals surface area contributed by atoms with Crippen LogP contribution in [0.2, 0.25) is 0 Å². The first-order chi connectivity index (χ1) is 27.4. The smallest absolute Gasteiger partial charge is 0.137 e. The lowest BCUT2D eigenvalue weighted by Crippen LogP contribution is -2.12. The Morgan fingerprint density at radius 1 is 0.357 bits per heavy atom. The Kier molecular flexibility index (Phi) is 9.00. The zero-order valence-electron chi connectivity index (χ0n) is 31.8. The lowest BCUT2D eigenvalue weighted by molar-refractivity contribution is 1.16. The molecule has 0 aliphatic rings. The van der Waals surface area contributed by atoms with E-state index < -0.39 is 0 Å². The van der Waals surface area contributed by atoms with Crippen LogP contribution >= 0.6 is 0 Å². The van der Waals surface area contributed by atoms with Gasteiger partial charge in [-0.3, -0.25) is 19.8 Å². The van der Waals surface area contributed by atoms with Crippen molar-refractivity contribution in [2.75, 3.05) is 9.80 Å². The molecule has 0 saturated heterocycles. The zero-order valence-corrected chi connectivity index (χ0v) is 31.8. The Hall–Kier alpha value is -7.18. The van der Waals surface area contributed by atoms with E-state index in [0.717, 1.165) is 55.9 Å². The van der Waals surface area contributed by atoms with Gasteiger partial charge < -0.3 is 0 Å². The molecule has 4 aromatic heterocycles. The highest BCUT2D eigenvalue weighted by atomic mass is 15.2. The Bertz CT molecular complexity index is 2520. The lowest BCUT2D eigenvalue weighted by atomic mass is 9.84. The molecule has 9 aromatic rings. The molecule has 0 fully saturated rings. The monoisotopic (exact) mass is 724 g/mol. The maximum atomic E-state index is 4.81. The summed E-state index contributed by atoms with van der Waals surface area (Å²) in [5.41, 5.74) is 13.4. The average Bonchev–Trinajstić information content (AvgIpc) is 3.21. The molecule has 0 unspecified atom stereocenters. The third-order valence-electron chi connectivity index (χ3n) is 10.2. The minimum Gasteiger partial charge on any atom is -0.293 e. The number of nitrogens with zero attached hydrogens (tertiary/aromatic N) is 6. The van der Waals surface area contributed by atoms with Crippen molar-refractivity contribution in [3.63, 3.8) is 0 Å². The summed E-state index contributed by atoms with van der Waals surface area (Å²) < 4.78 is 0. The maximum absolute atomic E-state index is 4.81. The third-order valence-corrected chi connectivity index (χ3v) is 10.2. The van der Waals surface area contributed by atoms with Crippen LogP contribution in [0.3, 0.4) is 0 Å². The van der Waals surface area contributed by atoms with Crippen LogP contribution in [0.5, 0.6) is 0 Å². The van der Waals surface area contributed by atoms with Gasteiger partial charge in [0.1, 0.15) is 11.6 Å². The summed E-state index contributed by atoms with van der Waals surface area (Å²) in [7, 11) is 0. The predicted molar refractivity (Wildman–Crippen MR) is 232 cm³/mol. The molecule has 0 aliphatic heterocycles. The van der Waals surface area contributed by atoms with Crippen LogP contribution in [-0.2, 0) is 0 Å². The number of rotatable bonds is 8. The number of anilines is 6. The van der Waals surface area contributed by atoms with E-state index in [1.54, 1.807) is 12.4 Å². The molecule has 4 heterocycles. The fraction of sp³-hybridized carbons (Fsp3) is 0.0800. The van der Waals surface area contributed by atoms with Gasteiger partial charge in [0.25, 0.3) is 0 Å². The van der Waals surface area contributed by atoms with Crippen LogP contribution in [-0.4, -0.2) is 19.9 Å².